The summed E-state index contributed by atoms with van der Waals surface area (Å²) in [6.07, 6.45) is 2.69. The van der Waals surface area contributed by atoms with Crippen molar-refractivity contribution in [3.05, 3.63) is 35.6 Å². The Morgan fingerprint density at radius 1 is 1.50 bits per heavy atom. The lowest BCUT2D eigenvalue weighted by Crippen LogP contribution is -2.30. The van der Waals surface area contributed by atoms with E-state index in [1.165, 1.54) is 25.0 Å². The normalized spacial score (nSPS) is 17.8. The Hall–Kier alpha value is -0.930. The van der Waals surface area contributed by atoms with Crippen LogP contribution in [0.4, 0.5) is 4.39 Å². The van der Waals surface area contributed by atoms with Crippen LogP contribution in [0.3, 0.4) is 0 Å². The van der Waals surface area contributed by atoms with Crippen LogP contribution in [0.5, 0.6) is 0 Å². The maximum absolute atomic E-state index is 13.0. The molecule has 1 saturated carbocycles. The fraction of sp³-hybridized carbons (Fsp3) is 0.538. The summed E-state index contributed by atoms with van der Waals surface area (Å²) in [4.78, 5) is 2.24. The Balaban J connectivity index is 1.88. The van der Waals surface area contributed by atoms with E-state index in [0.29, 0.717) is 0 Å². The van der Waals surface area contributed by atoms with Crippen molar-refractivity contribution in [1.29, 1.82) is 0 Å². The molecule has 2 rings (SSSR count). The predicted octanol–water partition coefficient (Wildman–Crippen LogP) is 2.17. The highest BCUT2D eigenvalue weighted by Crippen LogP contribution is 2.29. The van der Waals surface area contributed by atoms with Crippen molar-refractivity contribution in [2.24, 2.45) is 11.7 Å². The molecule has 1 aromatic rings. The minimum atomic E-state index is -0.210. The summed E-state index contributed by atoms with van der Waals surface area (Å²) in [5.41, 5.74) is 6.93. The molecule has 2 nitrogen and oxygen atoms in total. The molecule has 1 aliphatic carbocycles. The standard InChI is InChI=1S/C13H19FN2/c1-16(8-10-5-6-10)9-13(15)11-3-2-4-12(14)7-11/h2-4,7,10,13H,5-6,8-9,15H2,1H3. The molecular formula is C13H19FN2. The molecule has 16 heavy (non-hydrogen) atoms. The molecule has 0 heterocycles. The maximum atomic E-state index is 13.0. The van der Waals surface area contributed by atoms with Gasteiger partial charge in [0.15, 0.2) is 0 Å². The molecule has 1 aliphatic rings. The van der Waals surface area contributed by atoms with Gasteiger partial charge in [-0.2, -0.15) is 0 Å². The smallest absolute Gasteiger partial charge is 0.123 e. The average Bonchev–Trinajstić information content (AvgIpc) is 3.01. The number of hydrogen-bond donors (Lipinski definition) is 1. The third kappa shape index (κ3) is 3.29. The highest BCUT2D eigenvalue weighted by Gasteiger charge is 2.23. The fourth-order valence-corrected chi connectivity index (χ4v) is 1.99. The van der Waals surface area contributed by atoms with Crippen LogP contribution in [0.25, 0.3) is 0 Å². The van der Waals surface area contributed by atoms with Crippen LogP contribution >= 0.6 is 0 Å². The van der Waals surface area contributed by atoms with Crippen molar-refractivity contribution in [2.75, 3.05) is 20.1 Å². The van der Waals surface area contributed by atoms with E-state index in [4.69, 9.17) is 5.73 Å². The minimum Gasteiger partial charge on any atom is -0.323 e. The van der Waals surface area contributed by atoms with E-state index >= 15 is 0 Å². The Kier molecular flexibility index (Phi) is 3.56. The molecule has 0 bridgehead atoms. The lowest BCUT2D eigenvalue weighted by Gasteiger charge is -2.21. The lowest BCUT2D eigenvalue weighted by atomic mass is 10.1. The van der Waals surface area contributed by atoms with Crippen molar-refractivity contribution in [3.8, 4) is 0 Å². The van der Waals surface area contributed by atoms with E-state index in [1.54, 1.807) is 6.07 Å². The summed E-state index contributed by atoms with van der Waals surface area (Å²) in [5, 5.41) is 0. The molecule has 0 radical (unpaired) electrons. The summed E-state index contributed by atoms with van der Waals surface area (Å²) < 4.78 is 13.0. The predicted molar refractivity (Wildman–Crippen MR) is 63.5 cm³/mol. The first-order valence-electron chi connectivity index (χ1n) is 5.85. The summed E-state index contributed by atoms with van der Waals surface area (Å²) >= 11 is 0. The number of halogens is 1. The number of benzene rings is 1. The van der Waals surface area contributed by atoms with Crippen molar-refractivity contribution in [1.82, 2.24) is 4.90 Å². The van der Waals surface area contributed by atoms with Crippen molar-refractivity contribution < 1.29 is 4.39 Å². The summed E-state index contributed by atoms with van der Waals surface area (Å²) in [6, 6.07) is 6.48. The summed E-state index contributed by atoms with van der Waals surface area (Å²) in [6.45, 7) is 1.91. The van der Waals surface area contributed by atoms with Gasteiger partial charge in [-0.1, -0.05) is 12.1 Å². The quantitative estimate of drug-likeness (QED) is 0.827. The average molecular weight is 222 g/mol. The van der Waals surface area contributed by atoms with E-state index in [-0.39, 0.29) is 11.9 Å². The SMILES string of the molecule is CN(CC1CC1)CC(N)c1cccc(F)c1. The van der Waals surface area contributed by atoms with Crippen LogP contribution in [-0.4, -0.2) is 25.0 Å². The highest BCUT2D eigenvalue weighted by atomic mass is 19.1. The van der Waals surface area contributed by atoms with Crippen LogP contribution in [-0.2, 0) is 0 Å². The number of hydrogen-bond acceptors (Lipinski definition) is 2. The molecule has 0 aromatic heterocycles. The second kappa shape index (κ2) is 4.93. The molecule has 0 amide bonds. The monoisotopic (exact) mass is 222 g/mol. The van der Waals surface area contributed by atoms with Gasteiger partial charge < -0.3 is 10.6 Å². The first kappa shape index (κ1) is 11.6. The topological polar surface area (TPSA) is 29.3 Å². The largest absolute Gasteiger partial charge is 0.323 e. The molecular weight excluding hydrogens is 203 g/mol. The van der Waals surface area contributed by atoms with E-state index < -0.39 is 0 Å². The number of nitrogens with zero attached hydrogens (tertiary/aromatic N) is 1. The Labute approximate surface area is 96.2 Å². The second-order valence-corrected chi connectivity index (χ2v) is 4.83. The third-order valence-electron chi connectivity index (χ3n) is 3.05. The fourth-order valence-electron chi connectivity index (χ4n) is 1.99. The molecule has 3 heteroatoms. The van der Waals surface area contributed by atoms with Crippen LogP contribution in [0, 0.1) is 11.7 Å². The molecule has 1 aromatic carbocycles. The van der Waals surface area contributed by atoms with Crippen LogP contribution in [0.1, 0.15) is 24.4 Å². The van der Waals surface area contributed by atoms with Gasteiger partial charge in [-0.3, -0.25) is 0 Å². The van der Waals surface area contributed by atoms with Gasteiger partial charge in [-0.15, -0.1) is 0 Å². The van der Waals surface area contributed by atoms with Gasteiger partial charge in [0, 0.05) is 19.1 Å². The second-order valence-electron chi connectivity index (χ2n) is 4.83. The first-order valence-corrected chi connectivity index (χ1v) is 5.85. The van der Waals surface area contributed by atoms with E-state index in [0.717, 1.165) is 24.6 Å². The highest BCUT2D eigenvalue weighted by molar-refractivity contribution is 5.20. The maximum Gasteiger partial charge on any atom is 0.123 e. The van der Waals surface area contributed by atoms with Gasteiger partial charge in [-0.25, -0.2) is 4.39 Å². The number of likely N-dealkylation sites (N-methyl/N-ethyl adjacent to an activating group) is 1. The van der Waals surface area contributed by atoms with Crippen molar-refractivity contribution in [2.45, 2.75) is 18.9 Å². The first-order chi connectivity index (χ1) is 7.65. The van der Waals surface area contributed by atoms with Gasteiger partial charge in [0.1, 0.15) is 5.82 Å². The molecule has 1 unspecified atom stereocenters. The van der Waals surface area contributed by atoms with Crippen molar-refractivity contribution in [3.63, 3.8) is 0 Å². The lowest BCUT2D eigenvalue weighted by molar-refractivity contribution is 0.300. The molecule has 88 valence electrons. The van der Waals surface area contributed by atoms with Gasteiger partial charge in [0.25, 0.3) is 0 Å². The van der Waals surface area contributed by atoms with Crippen molar-refractivity contribution >= 4 is 0 Å². The van der Waals surface area contributed by atoms with E-state index in [1.807, 2.05) is 6.07 Å². The van der Waals surface area contributed by atoms with E-state index in [2.05, 4.69) is 11.9 Å². The number of nitrogens with two attached hydrogens (primary N) is 1. The Bertz CT molecular complexity index is 350. The molecule has 1 atom stereocenters. The number of rotatable bonds is 5. The molecule has 2 N–H and O–H groups in total. The van der Waals surface area contributed by atoms with Gasteiger partial charge >= 0.3 is 0 Å². The zero-order chi connectivity index (χ0) is 11.5. The molecule has 0 aliphatic heterocycles. The summed E-state index contributed by atoms with van der Waals surface area (Å²) in [7, 11) is 2.08. The zero-order valence-electron chi connectivity index (χ0n) is 9.70. The Morgan fingerprint density at radius 3 is 2.88 bits per heavy atom. The summed E-state index contributed by atoms with van der Waals surface area (Å²) in [5.74, 6) is 0.655. The van der Waals surface area contributed by atoms with Gasteiger partial charge in [0.2, 0.25) is 0 Å². The van der Waals surface area contributed by atoms with Crippen LogP contribution < -0.4 is 5.73 Å². The zero-order valence-corrected chi connectivity index (χ0v) is 9.70. The third-order valence-corrected chi connectivity index (χ3v) is 3.05. The van der Waals surface area contributed by atoms with E-state index in [9.17, 15) is 4.39 Å². The van der Waals surface area contributed by atoms with Crippen LogP contribution in [0.2, 0.25) is 0 Å². The van der Waals surface area contributed by atoms with Gasteiger partial charge in [0.05, 0.1) is 0 Å². The molecule has 0 spiro atoms. The van der Waals surface area contributed by atoms with Crippen LogP contribution in [0.15, 0.2) is 24.3 Å². The minimum absolute atomic E-state index is 0.0977. The Morgan fingerprint density at radius 2 is 2.25 bits per heavy atom. The van der Waals surface area contributed by atoms with Gasteiger partial charge in [-0.05, 0) is 43.5 Å². The molecule has 1 fully saturated rings. The molecule has 0 saturated heterocycles.